The molecule has 1 saturated heterocycles. The number of aromatic amines is 1. The molecule has 0 radical (unpaired) electrons. The highest BCUT2D eigenvalue weighted by atomic mass is 35.5. The molecule has 3 aromatic rings. The number of likely N-dealkylation sites (tertiary alicyclic amines) is 1. The van der Waals surface area contributed by atoms with Crippen molar-refractivity contribution in [1.29, 1.82) is 0 Å². The van der Waals surface area contributed by atoms with Gasteiger partial charge in [-0.15, -0.1) is 0 Å². The lowest BCUT2D eigenvalue weighted by Crippen LogP contribution is -2.42. The van der Waals surface area contributed by atoms with Gasteiger partial charge in [-0.25, -0.2) is 4.98 Å². The van der Waals surface area contributed by atoms with Crippen LogP contribution in [0, 0.1) is 0 Å². The Bertz CT molecular complexity index is 998. The Balaban J connectivity index is 1.39. The maximum absolute atomic E-state index is 12.5. The van der Waals surface area contributed by atoms with Gasteiger partial charge in [0.05, 0.1) is 32.3 Å². The lowest BCUT2D eigenvalue weighted by molar-refractivity contribution is 0.0713. The number of H-pyrrole nitrogens is 1. The molecule has 1 fully saturated rings. The largest absolute Gasteiger partial charge is 0.366 e. The van der Waals surface area contributed by atoms with Gasteiger partial charge >= 0.3 is 0 Å². The van der Waals surface area contributed by atoms with E-state index < -0.39 is 0 Å². The number of hydrogen-bond acceptors (Lipinski definition) is 4. The monoisotopic (exact) mass is 423 g/mol. The van der Waals surface area contributed by atoms with E-state index in [9.17, 15) is 4.79 Å². The Morgan fingerprint density at radius 2 is 1.81 bits per heavy atom. The minimum atomic E-state index is -0.0302. The van der Waals surface area contributed by atoms with Gasteiger partial charge in [0.1, 0.15) is 11.5 Å². The normalized spacial score (nSPS) is 15.3. The Labute approximate surface area is 170 Å². The van der Waals surface area contributed by atoms with Crippen LogP contribution in [0.25, 0.3) is 11.0 Å². The van der Waals surface area contributed by atoms with Crippen LogP contribution in [0.5, 0.6) is 0 Å². The van der Waals surface area contributed by atoms with Crippen molar-refractivity contribution < 1.29 is 4.79 Å². The molecule has 0 unspecified atom stereocenters. The number of fused-ring (bicyclic) bond motifs is 1. The van der Waals surface area contributed by atoms with Crippen molar-refractivity contribution >= 4 is 57.6 Å². The minimum absolute atomic E-state index is 0.0302. The fourth-order valence-corrected chi connectivity index (χ4v) is 3.65. The van der Waals surface area contributed by atoms with Crippen LogP contribution in [0.15, 0.2) is 30.6 Å². The standard InChI is InChI=1S/C18H16Cl3N5O/c19-10-5-16(22-8-10)18(27)26-3-1-11(2-4-26)24-17-9-23-14-6-12(20)13(21)7-15(14)25-17/h5-9,11,22H,1-4H2,(H,24,25). The van der Waals surface area contributed by atoms with Crippen LogP contribution in [0.3, 0.4) is 0 Å². The summed E-state index contributed by atoms with van der Waals surface area (Å²) in [6.45, 7) is 1.32. The Morgan fingerprint density at radius 1 is 1.11 bits per heavy atom. The molecule has 2 N–H and O–H groups in total. The molecule has 9 heteroatoms. The zero-order valence-corrected chi connectivity index (χ0v) is 16.4. The van der Waals surface area contributed by atoms with E-state index in [1.807, 2.05) is 4.90 Å². The SMILES string of the molecule is O=C(c1cc(Cl)c[nH]1)N1CCC(Nc2cnc3cc(Cl)c(Cl)cc3n2)CC1. The molecule has 0 atom stereocenters. The van der Waals surface area contributed by atoms with Crippen LogP contribution in [-0.2, 0) is 0 Å². The highest BCUT2D eigenvalue weighted by molar-refractivity contribution is 6.42. The summed E-state index contributed by atoms with van der Waals surface area (Å²) in [5, 5.41) is 4.84. The van der Waals surface area contributed by atoms with E-state index in [2.05, 4.69) is 20.3 Å². The third-order valence-electron chi connectivity index (χ3n) is 4.60. The number of amides is 1. The number of rotatable bonds is 3. The highest BCUT2D eigenvalue weighted by Gasteiger charge is 2.24. The molecule has 140 valence electrons. The van der Waals surface area contributed by atoms with E-state index >= 15 is 0 Å². The van der Waals surface area contributed by atoms with Crippen LogP contribution in [0.4, 0.5) is 5.82 Å². The molecular formula is C18H16Cl3N5O. The number of carbonyl (C=O) groups is 1. The van der Waals surface area contributed by atoms with Gasteiger partial charge in [-0.2, -0.15) is 0 Å². The maximum Gasteiger partial charge on any atom is 0.270 e. The van der Waals surface area contributed by atoms with Crippen molar-refractivity contribution in [3.8, 4) is 0 Å². The number of benzene rings is 1. The third-order valence-corrected chi connectivity index (χ3v) is 5.54. The van der Waals surface area contributed by atoms with Crippen LogP contribution in [-0.4, -0.2) is 44.9 Å². The van der Waals surface area contributed by atoms with Crippen molar-refractivity contribution in [2.24, 2.45) is 0 Å². The van der Waals surface area contributed by atoms with E-state index in [1.54, 1.807) is 30.6 Å². The number of aromatic nitrogens is 3. The van der Waals surface area contributed by atoms with Crippen LogP contribution in [0.1, 0.15) is 23.3 Å². The van der Waals surface area contributed by atoms with Gasteiger partial charge in [-0.3, -0.25) is 9.78 Å². The number of nitrogens with zero attached hydrogens (tertiary/aromatic N) is 3. The van der Waals surface area contributed by atoms with Gasteiger partial charge in [-0.1, -0.05) is 34.8 Å². The maximum atomic E-state index is 12.5. The Kier molecular flexibility index (Phi) is 5.12. The number of nitrogens with one attached hydrogen (secondary N) is 2. The van der Waals surface area contributed by atoms with Crippen molar-refractivity contribution in [1.82, 2.24) is 19.9 Å². The third kappa shape index (κ3) is 3.98. The molecule has 1 aliphatic rings. The summed E-state index contributed by atoms with van der Waals surface area (Å²) in [7, 11) is 0. The van der Waals surface area contributed by atoms with E-state index in [0.29, 0.717) is 50.7 Å². The molecule has 2 aromatic heterocycles. The first-order chi connectivity index (χ1) is 13.0. The number of hydrogen-bond donors (Lipinski definition) is 2. The van der Waals surface area contributed by atoms with E-state index in [0.717, 1.165) is 12.8 Å². The zero-order chi connectivity index (χ0) is 19.0. The van der Waals surface area contributed by atoms with Gasteiger partial charge in [0.25, 0.3) is 5.91 Å². The first kappa shape index (κ1) is 18.3. The fourth-order valence-electron chi connectivity index (χ4n) is 3.18. The van der Waals surface area contributed by atoms with Gasteiger partial charge in [0.15, 0.2) is 0 Å². The molecule has 0 bridgehead atoms. The highest BCUT2D eigenvalue weighted by Crippen LogP contribution is 2.27. The van der Waals surface area contributed by atoms with E-state index in [1.165, 1.54) is 0 Å². The average molecular weight is 425 g/mol. The van der Waals surface area contributed by atoms with Crippen molar-refractivity contribution in [3.05, 3.63) is 51.4 Å². The smallest absolute Gasteiger partial charge is 0.270 e. The van der Waals surface area contributed by atoms with Crippen molar-refractivity contribution in [2.45, 2.75) is 18.9 Å². The van der Waals surface area contributed by atoms with Crippen molar-refractivity contribution in [2.75, 3.05) is 18.4 Å². The molecule has 4 rings (SSSR count). The summed E-state index contributed by atoms with van der Waals surface area (Å²) >= 11 is 17.9. The second-order valence-corrected chi connectivity index (χ2v) is 7.70. The fraction of sp³-hybridized carbons (Fsp3) is 0.278. The minimum Gasteiger partial charge on any atom is -0.366 e. The molecule has 1 aromatic carbocycles. The Hall–Kier alpha value is -2.02. The molecule has 3 heterocycles. The quantitative estimate of drug-likeness (QED) is 0.642. The summed E-state index contributed by atoms with van der Waals surface area (Å²) in [5.41, 5.74) is 1.90. The second-order valence-electron chi connectivity index (χ2n) is 6.45. The number of piperidine rings is 1. The van der Waals surface area contributed by atoms with E-state index in [-0.39, 0.29) is 11.9 Å². The summed E-state index contributed by atoms with van der Waals surface area (Å²) < 4.78 is 0. The molecule has 0 aliphatic carbocycles. The first-order valence-corrected chi connectivity index (χ1v) is 9.64. The summed E-state index contributed by atoms with van der Waals surface area (Å²) in [4.78, 5) is 26.1. The number of anilines is 1. The predicted molar refractivity (Wildman–Crippen MR) is 108 cm³/mol. The lowest BCUT2D eigenvalue weighted by Gasteiger charge is -2.32. The van der Waals surface area contributed by atoms with Crippen LogP contribution < -0.4 is 5.32 Å². The lowest BCUT2D eigenvalue weighted by atomic mass is 10.0. The molecule has 0 spiro atoms. The van der Waals surface area contributed by atoms with Crippen LogP contribution >= 0.6 is 34.8 Å². The second kappa shape index (κ2) is 7.54. The molecule has 1 aliphatic heterocycles. The van der Waals surface area contributed by atoms with E-state index in [4.69, 9.17) is 34.8 Å². The van der Waals surface area contributed by atoms with Gasteiger partial charge in [0.2, 0.25) is 0 Å². The number of halogens is 3. The summed E-state index contributed by atoms with van der Waals surface area (Å²) in [6, 6.07) is 5.28. The molecule has 6 nitrogen and oxygen atoms in total. The van der Waals surface area contributed by atoms with Gasteiger partial charge in [-0.05, 0) is 31.0 Å². The average Bonchev–Trinajstić information content (AvgIpc) is 3.09. The van der Waals surface area contributed by atoms with Crippen molar-refractivity contribution in [3.63, 3.8) is 0 Å². The topological polar surface area (TPSA) is 73.9 Å². The van der Waals surface area contributed by atoms with Crippen LogP contribution in [0.2, 0.25) is 15.1 Å². The summed E-state index contributed by atoms with van der Waals surface area (Å²) in [5.74, 6) is 0.652. The van der Waals surface area contributed by atoms with Gasteiger partial charge < -0.3 is 15.2 Å². The molecule has 27 heavy (non-hydrogen) atoms. The predicted octanol–water partition coefficient (Wildman–Crippen LogP) is 4.63. The number of carbonyl (C=O) groups excluding carboxylic acids is 1. The Morgan fingerprint density at radius 3 is 2.48 bits per heavy atom. The summed E-state index contributed by atoms with van der Waals surface area (Å²) in [6.07, 6.45) is 4.94. The molecule has 0 saturated carbocycles. The van der Waals surface area contributed by atoms with Gasteiger partial charge in [0, 0.05) is 25.3 Å². The zero-order valence-electron chi connectivity index (χ0n) is 14.2. The molecular weight excluding hydrogens is 409 g/mol. The first-order valence-electron chi connectivity index (χ1n) is 8.51. The molecule has 1 amide bonds.